The first kappa shape index (κ1) is 16.6. The molecule has 128 valence electrons. The van der Waals surface area contributed by atoms with Crippen LogP contribution in [0.15, 0.2) is 52.9 Å². The standard InChI is InChI=1S/C18H16FN3O3/c1-24-15-7-5-12(6-8-15)9-10-20-16(23)18-22-21-17(25-18)13-3-2-4-14(19)11-13/h2-8,11H,9-10H2,1H3,(H,20,23). The van der Waals surface area contributed by atoms with Crippen LogP contribution in [0.1, 0.15) is 16.2 Å². The molecule has 0 saturated carbocycles. The van der Waals surface area contributed by atoms with Crippen molar-refractivity contribution in [3.63, 3.8) is 0 Å². The van der Waals surface area contributed by atoms with Gasteiger partial charge in [0.15, 0.2) is 0 Å². The average Bonchev–Trinajstić information content (AvgIpc) is 3.12. The molecule has 7 heteroatoms. The van der Waals surface area contributed by atoms with Gasteiger partial charge in [-0.1, -0.05) is 18.2 Å². The third kappa shape index (κ3) is 4.20. The van der Waals surface area contributed by atoms with E-state index in [1.54, 1.807) is 13.2 Å². The Morgan fingerprint density at radius 1 is 1.20 bits per heavy atom. The van der Waals surface area contributed by atoms with Gasteiger partial charge in [-0.3, -0.25) is 4.79 Å². The lowest BCUT2D eigenvalue weighted by Gasteiger charge is -2.04. The van der Waals surface area contributed by atoms with Crippen LogP contribution in [0, 0.1) is 5.82 Å². The van der Waals surface area contributed by atoms with E-state index in [2.05, 4.69) is 15.5 Å². The second-order valence-electron chi connectivity index (χ2n) is 5.28. The number of methoxy groups -OCH3 is 1. The minimum atomic E-state index is -0.469. The molecule has 0 saturated heterocycles. The molecule has 0 radical (unpaired) electrons. The molecule has 0 bridgehead atoms. The van der Waals surface area contributed by atoms with Crippen molar-refractivity contribution >= 4 is 5.91 Å². The molecular formula is C18H16FN3O3. The highest BCUT2D eigenvalue weighted by Crippen LogP contribution is 2.18. The van der Waals surface area contributed by atoms with Crippen molar-refractivity contribution in [3.05, 3.63) is 65.8 Å². The number of benzene rings is 2. The predicted octanol–water partition coefficient (Wildman–Crippen LogP) is 2.86. The zero-order valence-corrected chi connectivity index (χ0v) is 13.5. The molecule has 2 aromatic carbocycles. The first-order valence-electron chi connectivity index (χ1n) is 7.66. The molecule has 0 spiro atoms. The maximum Gasteiger partial charge on any atom is 0.308 e. The van der Waals surface area contributed by atoms with Crippen LogP contribution in [0.5, 0.6) is 5.75 Å². The largest absolute Gasteiger partial charge is 0.497 e. The summed E-state index contributed by atoms with van der Waals surface area (Å²) in [6.07, 6.45) is 0.653. The van der Waals surface area contributed by atoms with E-state index in [4.69, 9.17) is 9.15 Å². The van der Waals surface area contributed by atoms with E-state index < -0.39 is 11.7 Å². The van der Waals surface area contributed by atoms with Crippen molar-refractivity contribution in [3.8, 4) is 17.2 Å². The van der Waals surface area contributed by atoms with Crippen LogP contribution in [-0.2, 0) is 6.42 Å². The van der Waals surface area contributed by atoms with E-state index in [1.165, 1.54) is 18.2 Å². The Morgan fingerprint density at radius 3 is 2.72 bits per heavy atom. The molecular weight excluding hydrogens is 325 g/mol. The summed E-state index contributed by atoms with van der Waals surface area (Å²) in [7, 11) is 1.61. The highest BCUT2D eigenvalue weighted by molar-refractivity contribution is 5.89. The van der Waals surface area contributed by atoms with Gasteiger partial charge in [-0.05, 0) is 42.3 Å². The zero-order chi connectivity index (χ0) is 17.6. The van der Waals surface area contributed by atoms with Crippen molar-refractivity contribution in [2.75, 3.05) is 13.7 Å². The fourth-order valence-corrected chi connectivity index (χ4v) is 2.24. The Labute approximate surface area is 143 Å². The molecule has 1 heterocycles. The van der Waals surface area contributed by atoms with Gasteiger partial charge >= 0.3 is 11.8 Å². The maximum atomic E-state index is 13.2. The van der Waals surface area contributed by atoms with Crippen LogP contribution in [-0.4, -0.2) is 29.8 Å². The zero-order valence-electron chi connectivity index (χ0n) is 13.5. The number of carbonyl (C=O) groups excluding carboxylic acids is 1. The summed E-state index contributed by atoms with van der Waals surface area (Å²) in [4.78, 5) is 12.0. The summed E-state index contributed by atoms with van der Waals surface area (Å²) in [5.41, 5.74) is 1.48. The minimum absolute atomic E-state index is 0.0970. The molecule has 1 amide bonds. The highest BCUT2D eigenvalue weighted by Gasteiger charge is 2.15. The molecule has 3 rings (SSSR count). The Bertz CT molecular complexity index is 862. The average molecular weight is 341 g/mol. The summed E-state index contributed by atoms with van der Waals surface area (Å²) in [5.74, 6) is -0.165. The molecule has 3 aromatic rings. The van der Waals surface area contributed by atoms with Crippen LogP contribution < -0.4 is 10.1 Å². The van der Waals surface area contributed by atoms with E-state index in [-0.39, 0.29) is 11.8 Å². The third-order valence-corrected chi connectivity index (χ3v) is 3.55. The number of rotatable bonds is 6. The number of carbonyl (C=O) groups is 1. The second kappa shape index (κ2) is 7.57. The molecule has 25 heavy (non-hydrogen) atoms. The Kier molecular flexibility index (Phi) is 5.03. The summed E-state index contributed by atoms with van der Waals surface area (Å²) >= 11 is 0. The topological polar surface area (TPSA) is 77.2 Å². The molecule has 0 fully saturated rings. The van der Waals surface area contributed by atoms with Gasteiger partial charge < -0.3 is 14.5 Å². The minimum Gasteiger partial charge on any atom is -0.497 e. The van der Waals surface area contributed by atoms with Gasteiger partial charge in [-0.15, -0.1) is 10.2 Å². The number of ether oxygens (including phenoxy) is 1. The van der Waals surface area contributed by atoms with E-state index in [1.807, 2.05) is 24.3 Å². The first-order chi connectivity index (χ1) is 12.2. The fourth-order valence-electron chi connectivity index (χ4n) is 2.24. The van der Waals surface area contributed by atoms with Crippen molar-refractivity contribution in [2.45, 2.75) is 6.42 Å². The van der Waals surface area contributed by atoms with Gasteiger partial charge in [-0.25, -0.2) is 4.39 Å². The van der Waals surface area contributed by atoms with Crippen LogP contribution in [0.2, 0.25) is 0 Å². The van der Waals surface area contributed by atoms with Crippen molar-refractivity contribution in [1.29, 1.82) is 0 Å². The maximum absolute atomic E-state index is 13.2. The van der Waals surface area contributed by atoms with Crippen LogP contribution in [0.3, 0.4) is 0 Å². The lowest BCUT2D eigenvalue weighted by atomic mass is 10.1. The first-order valence-corrected chi connectivity index (χ1v) is 7.66. The lowest BCUT2D eigenvalue weighted by Crippen LogP contribution is -2.26. The molecule has 0 aliphatic carbocycles. The number of hydrogen-bond donors (Lipinski definition) is 1. The van der Waals surface area contributed by atoms with E-state index in [0.29, 0.717) is 18.5 Å². The number of amides is 1. The normalized spacial score (nSPS) is 10.5. The smallest absolute Gasteiger partial charge is 0.308 e. The van der Waals surface area contributed by atoms with E-state index >= 15 is 0 Å². The monoisotopic (exact) mass is 341 g/mol. The van der Waals surface area contributed by atoms with Crippen LogP contribution in [0.25, 0.3) is 11.5 Å². The Morgan fingerprint density at radius 2 is 2.00 bits per heavy atom. The van der Waals surface area contributed by atoms with Crippen molar-refractivity contribution in [2.24, 2.45) is 0 Å². The van der Waals surface area contributed by atoms with E-state index in [0.717, 1.165) is 11.3 Å². The Balaban J connectivity index is 1.56. The van der Waals surface area contributed by atoms with Gasteiger partial charge in [-0.2, -0.15) is 0 Å². The molecule has 6 nitrogen and oxygen atoms in total. The summed E-state index contributed by atoms with van der Waals surface area (Å²) in [6.45, 7) is 0.419. The number of nitrogens with one attached hydrogen (secondary N) is 1. The van der Waals surface area contributed by atoms with Crippen molar-refractivity contribution in [1.82, 2.24) is 15.5 Å². The molecule has 0 atom stereocenters. The predicted molar refractivity (Wildman–Crippen MR) is 88.7 cm³/mol. The van der Waals surface area contributed by atoms with Gasteiger partial charge in [0.05, 0.1) is 7.11 Å². The molecule has 0 unspecified atom stereocenters. The SMILES string of the molecule is COc1ccc(CCNC(=O)c2nnc(-c3cccc(F)c3)o2)cc1. The number of halogens is 1. The molecule has 0 aliphatic rings. The molecule has 0 aliphatic heterocycles. The summed E-state index contributed by atoms with van der Waals surface area (Å²) < 4.78 is 23.6. The van der Waals surface area contributed by atoms with Crippen LogP contribution in [0.4, 0.5) is 4.39 Å². The quantitative estimate of drug-likeness (QED) is 0.746. The van der Waals surface area contributed by atoms with Gasteiger partial charge in [0.25, 0.3) is 0 Å². The van der Waals surface area contributed by atoms with Gasteiger partial charge in [0.2, 0.25) is 5.89 Å². The van der Waals surface area contributed by atoms with Gasteiger partial charge in [0.1, 0.15) is 11.6 Å². The second-order valence-corrected chi connectivity index (χ2v) is 5.28. The fraction of sp³-hybridized carbons (Fsp3) is 0.167. The number of aromatic nitrogens is 2. The number of hydrogen-bond acceptors (Lipinski definition) is 5. The van der Waals surface area contributed by atoms with Crippen molar-refractivity contribution < 1.29 is 18.3 Å². The van der Waals surface area contributed by atoms with Crippen LogP contribution >= 0.6 is 0 Å². The molecule has 1 N–H and O–H groups in total. The van der Waals surface area contributed by atoms with E-state index in [9.17, 15) is 9.18 Å². The third-order valence-electron chi connectivity index (χ3n) is 3.55. The highest BCUT2D eigenvalue weighted by atomic mass is 19.1. The van der Waals surface area contributed by atoms with Gasteiger partial charge in [0, 0.05) is 12.1 Å². The molecule has 1 aromatic heterocycles. The Hall–Kier alpha value is -3.22. The summed E-state index contributed by atoms with van der Waals surface area (Å²) in [6, 6.07) is 13.3. The lowest BCUT2D eigenvalue weighted by molar-refractivity contribution is 0.0920. The summed E-state index contributed by atoms with van der Waals surface area (Å²) in [5, 5.41) is 10.2. The number of nitrogens with zero attached hydrogens (tertiary/aromatic N) is 2.